The van der Waals surface area contributed by atoms with E-state index in [9.17, 15) is 4.39 Å². The number of nitrogens with one attached hydrogen (secondary N) is 1. The van der Waals surface area contributed by atoms with Crippen LogP contribution < -0.4 is 5.32 Å². The Balaban J connectivity index is 1.72. The molecule has 1 fully saturated rings. The van der Waals surface area contributed by atoms with Crippen LogP contribution in [0.5, 0.6) is 0 Å². The van der Waals surface area contributed by atoms with Crippen molar-refractivity contribution in [2.45, 2.75) is 24.8 Å². The summed E-state index contributed by atoms with van der Waals surface area (Å²) in [5, 5.41) is 7.28. The van der Waals surface area contributed by atoms with E-state index in [1.165, 1.54) is 12.1 Å². The van der Waals surface area contributed by atoms with Gasteiger partial charge in [0.15, 0.2) is 5.82 Å². The largest absolute Gasteiger partial charge is 0.381 e. The Bertz CT molecular complexity index is 585. The number of aromatic nitrogens is 2. The smallest absolute Gasteiger partial charge is 0.233 e. The quantitative estimate of drug-likeness (QED) is 0.932. The van der Waals surface area contributed by atoms with Crippen LogP contribution in [0.25, 0.3) is 0 Å². The van der Waals surface area contributed by atoms with E-state index in [1.54, 1.807) is 12.1 Å². The second-order valence-corrected chi connectivity index (χ2v) is 5.22. The number of halogens is 1. The number of hydrogen-bond acceptors (Lipinski definition) is 5. The molecule has 1 aromatic carbocycles. The number of rotatable bonds is 4. The van der Waals surface area contributed by atoms with Crippen LogP contribution in [0.15, 0.2) is 28.8 Å². The van der Waals surface area contributed by atoms with Crippen molar-refractivity contribution in [2.75, 3.05) is 20.3 Å². The summed E-state index contributed by atoms with van der Waals surface area (Å²) in [6, 6.07) is 6.61. The maximum absolute atomic E-state index is 12.9. The summed E-state index contributed by atoms with van der Waals surface area (Å²) in [6.45, 7) is 1.34. The van der Waals surface area contributed by atoms with E-state index in [0.717, 1.165) is 18.6 Å². The summed E-state index contributed by atoms with van der Waals surface area (Å²) in [4.78, 5) is 4.46. The van der Waals surface area contributed by atoms with Crippen LogP contribution in [0, 0.1) is 5.82 Å². The lowest BCUT2D eigenvalue weighted by Crippen LogP contribution is -2.39. The molecule has 2 atom stereocenters. The van der Waals surface area contributed by atoms with E-state index in [-0.39, 0.29) is 17.8 Å². The highest BCUT2D eigenvalue weighted by atomic mass is 19.1. The standard InChI is InChI=1S/C15H18FN3O2/c1-17-13-6-7-20-9-12(13)15-18-14(19-21-15)8-10-2-4-11(16)5-3-10/h2-5,12-13,17H,6-9H2,1H3. The zero-order valence-corrected chi connectivity index (χ0v) is 11.9. The third kappa shape index (κ3) is 3.28. The minimum Gasteiger partial charge on any atom is -0.381 e. The van der Waals surface area contributed by atoms with Gasteiger partial charge in [0.2, 0.25) is 5.89 Å². The monoisotopic (exact) mass is 291 g/mol. The van der Waals surface area contributed by atoms with Crippen molar-refractivity contribution in [1.82, 2.24) is 15.5 Å². The molecule has 1 aliphatic rings. The van der Waals surface area contributed by atoms with E-state index in [2.05, 4.69) is 15.5 Å². The maximum Gasteiger partial charge on any atom is 0.233 e. The zero-order valence-electron chi connectivity index (χ0n) is 11.9. The van der Waals surface area contributed by atoms with Crippen LogP contribution in [-0.2, 0) is 11.2 Å². The molecule has 5 nitrogen and oxygen atoms in total. The summed E-state index contributed by atoms with van der Waals surface area (Å²) in [6.07, 6.45) is 1.46. The Hall–Kier alpha value is -1.79. The number of likely N-dealkylation sites (N-methyl/N-ethyl adjacent to an activating group) is 1. The summed E-state index contributed by atoms with van der Waals surface area (Å²) in [5.74, 6) is 1.05. The Morgan fingerprint density at radius 1 is 1.33 bits per heavy atom. The van der Waals surface area contributed by atoms with Crippen LogP contribution in [0.1, 0.15) is 29.6 Å². The van der Waals surface area contributed by atoms with Crippen LogP contribution in [0.4, 0.5) is 4.39 Å². The highest BCUT2D eigenvalue weighted by Crippen LogP contribution is 2.24. The van der Waals surface area contributed by atoms with Crippen LogP contribution in [0.3, 0.4) is 0 Å². The average Bonchev–Trinajstić information content (AvgIpc) is 2.98. The molecular weight excluding hydrogens is 273 g/mol. The molecule has 0 amide bonds. The first kappa shape index (κ1) is 14.2. The van der Waals surface area contributed by atoms with Gasteiger partial charge in [-0.15, -0.1) is 0 Å². The minimum absolute atomic E-state index is 0.0817. The normalized spacial score (nSPS) is 22.4. The van der Waals surface area contributed by atoms with Crippen molar-refractivity contribution >= 4 is 0 Å². The predicted molar refractivity (Wildman–Crippen MR) is 74.5 cm³/mol. The Labute approximate surface area is 122 Å². The van der Waals surface area contributed by atoms with Gasteiger partial charge in [-0.1, -0.05) is 17.3 Å². The molecule has 0 saturated carbocycles. The van der Waals surface area contributed by atoms with Crippen molar-refractivity contribution in [2.24, 2.45) is 0 Å². The lowest BCUT2D eigenvalue weighted by Gasteiger charge is -2.28. The zero-order chi connectivity index (χ0) is 14.7. The van der Waals surface area contributed by atoms with Crippen LogP contribution >= 0.6 is 0 Å². The van der Waals surface area contributed by atoms with Crippen molar-refractivity contribution in [3.63, 3.8) is 0 Å². The highest BCUT2D eigenvalue weighted by Gasteiger charge is 2.30. The van der Waals surface area contributed by atoms with Crippen molar-refractivity contribution in [3.8, 4) is 0 Å². The third-order valence-corrected chi connectivity index (χ3v) is 3.80. The number of ether oxygens (including phenoxy) is 1. The summed E-state index contributed by atoms with van der Waals surface area (Å²) < 4.78 is 23.8. The van der Waals surface area contributed by atoms with E-state index in [4.69, 9.17) is 9.26 Å². The Morgan fingerprint density at radius 2 is 2.14 bits per heavy atom. The van der Waals surface area contributed by atoms with E-state index >= 15 is 0 Å². The molecule has 1 aromatic heterocycles. The first-order valence-corrected chi connectivity index (χ1v) is 7.08. The minimum atomic E-state index is -0.247. The molecule has 6 heteroatoms. The second-order valence-electron chi connectivity index (χ2n) is 5.22. The van der Waals surface area contributed by atoms with Crippen LogP contribution in [0.2, 0.25) is 0 Å². The lowest BCUT2D eigenvalue weighted by molar-refractivity contribution is 0.0516. The van der Waals surface area contributed by atoms with Gasteiger partial charge in [-0.25, -0.2) is 4.39 Å². The molecule has 0 bridgehead atoms. The molecule has 0 spiro atoms. The SMILES string of the molecule is CNC1CCOCC1c1nc(Cc2ccc(F)cc2)no1. The number of nitrogens with zero attached hydrogens (tertiary/aromatic N) is 2. The molecule has 0 aliphatic carbocycles. The fourth-order valence-electron chi connectivity index (χ4n) is 2.60. The van der Waals surface area contributed by atoms with Gasteiger partial charge < -0.3 is 14.6 Å². The third-order valence-electron chi connectivity index (χ3n) is 3.80. The molecule has 112 valence electrons. The van der Waals surface area contributed by atoms with E-state index in [1.807, 2.05) is 7.05 Å². The number of hydrogen-bond donors (Lipinski definition) is 1. The lowest BCUT2D eigenvalue weighted by atomic mass is 9.96. The van der Waals surface area contributed by atoms with Crippen LogP contribution in [-0.4, -0.2) is 36.4 Å². The summed E-state index contributed by atoms with van der Waals surface area (Å²) >= 11 is 0. The Kier molecular flexibility index (Phi) is 4.26. The maximum atomic E-state index is 12.9. The van der Waals surface area contributed by atoms with E-state index in [0.29, 0.717) is 24.7 Å². The number of benzene rings is 1. The van der Waals surface area contributed by atoms with E-state index < -0.39 is 0 Å². The van der Waals surface area contributed by atoms with Gasteiger partial charge in [-0.2, -0.15) is 4.98 Å². The van der Waals surface area contributed by atoms with Gasteiger partial charge in [-0.3, -0.25) is 0 Å². The fraction of sp³-hybridized carbons (Fsp3) is 0.467. The van der Waals surface area contributed by atoms with Gasteiger partial charge in [0.05, 0.1) is 12.5 Å². The molecule has 2 heterocycles. The summed E-state index contributed by atoms with van der Waals surface area (Å²) in [5.41, 5.74) is 0.953. The van der Waals surface area contributed by atoms with Gasteiger partial charge in [0.25, 0.3) is 0 Å². The fourth-order valence-corrected chi connectivity index (χ4v) is 2.60. The van der Waals surface area contributed by atoms with Crippen molar-refractivity contribution in [1.29, 1.82) is 0 Å². The van der Waals surface area contributed by atoms with Crippen molar-refractivity contribution in [3.05, 3.63) is 47.4 Å². The molecule has 1 N–H and O–H groups in total. The van der Waals surface area contributed by atoms with Gasteiger partial charge in [0.1, 0.15) is 5.82 Å². The van der Waals surface area contributed by atoms with Gasteiger partial charge >= 0.3 is 0 Å². The Morgan fingerprint density at radius 3 is 2.90 bits per heavy atom. The molecule has 0 radical (unpaired) electrons. The molecular formula is C15H18FN3O2. The molecule has 3 rings (SSSR count). The molecule has 2 aromatic rings. The topological polar surface area (TPSA) is 60.2 Å². The van der Waals surface area contributed by atoms with Gasteiger partial charge in [0, 0.05) is 19.1 Å². The first-order chi connectivity index (χ1) is 10.3. The summed E-state index contributed by atoms with van der Waals surface area (Å²) in [7, 11) is 1.93. The highest BCUT2D eigenvalue weighted by molar-refractivity contribution is 5.19. The predicted octanol–water partition coefficient (Wildman–Crippen LogP) is 1.89. The molecule has 2 unspecified atom stereocenters. The average molecular weight is 291 g/mol. The van der Waals surface area contributed by atoms with Gasteiger partial charge in [-0.05, 0) is 31.2 Å². The van der Waals surface area contributed by atoms with Crippen molar-refractivity contribution < 1.29 is 13.7 Å². The molecule has 21 heavy (non-hydrogen) atoms. The molecule has 1 saturated heterocycles. The second kappa shape index (κ2) is 6.32. The molecule has 1 aliphatic heterocycles. The first-order valence-electron chi connectivity index (χ1n) is 7.08.